The fourth-order valence-electron chi connectivity index (χ4n) is 4.44. The number of carbonyl (C=O) groups excluding carboxylic acids is 1. The van der Waals surface area contributed by atoms with Crippen LogP contribution in [0.15, 0.2) is 18.2 Å². The Morgan fingerprint density at radius 3 is 2.00 bits per heavy atom. The Balaban J connectivity index is 1.67. The summed E-state index contributed by atoms with van der Waals surface area (Å²) in [6.07, 6.45) is 5.42. The number of piperazine rings is 1. The van der Waals surface area contributed by atoms with Crippen molar-refractivity contribution in [1.29, 1.82) is 0 Å². The topological polar surface area (TPSA) is 35.6 Å². The van der Waals surface area contributed by atoms with E-state index in [0.717, 1.165) is 37.9 Å². The lowest BCUT2D eigenvalue weighted by atomic mass is 9.93. The Kier molecular flexibility index (Phi) is 6.23. The van der Waals surface area contributed by atoms with Crippen LogP contribution >= 0.6 is 0 Å². The fourth-order valence-corrected chi connectivity index (χ4v) is 4.44. The average molecular weight is 358 g/mol. The third-order valence-electron chi connectivity index (χ3n) is 6.05. The number of hydrogen-bond acceptors (Lipinski definition) is 2. The molecule has 0 radical (unpaired) electrons. The van der Waals surface area contributed by atoms with Gasteiger partial charge in [0.1, 0.15) is 0 Å². The summed E-state index contributed by atoms with van der Waals surface area (Å²) in [6.45, 7) is 12.5. The summed E-state index contributed by atoms with van der Waals surface area (Å²) in [5.41, 5.74) is 3.49. The van der Waals surface area contributed by atoms with Gasteiger partial charge in [-0.05, 0) is 35.8 Å². The molecule has 2 aliphatic rings. The van der Waals surface area contributed by atoms with Gasteiger partial charge in [0.05, 0.1) is 0 Å². The van der Waals surface area contributed by atoms with E-state index in [4.69, 9.17) is 0 Å². The second-order valence-electron chi connectivity index (χ2n) is 8.51. The second-order valence-corrected chi connectivity index (χ2v) is 8.51. The summed E-state index contributed by atoms with van der Waals surface area (Å²) in [5.74, 6) is 0.784. The molecule has 1 heterocycles. The molecule has 1 aromatic rings. The Hall–Kier alpha value is -1.55. The van der Waals surface area contributed by atoms with Crippen molar-refractivity contribution in [3.8, 4) is 0 Å². The zero-order valence-corrected chi connectivity index (χ0v) is 16.9. The highest BCUT2D eigenvalue weighted by atomic mass is 16.2. The maximum Gasteiger partial charge on any atom is 0.321 e. The molecule has 0 unspecified atom stereocenters. The van der Waals surface area contributed by atoms with Crippen LogP contribution in [0.4, 0.5) is 10.5 Å². The fraction of sp³-hybridized carbons (Fsp3) is 0.682. The predicted molar refractivity (Wildman–Crippen MR) is 109 cm³/mol. The minimum absolute atomic E-state index is 0.0612. The summed E-state index contributed by atoms with van der Waals surface area (Å²) in [5, 5.41) is 3.26. The zero-order chi connectivity index (χ0) is 18.7. The van der Waals surface area contributed by atoms with Crippen molar-refractivity contribution in [2.24, 2.45) is 0 Å². The first-order valence-corrected chi connectivity index (χ1v) is 10.4. The van der Waals surface area contributed by atoms with Crippen molar-refractivity contribution in [2.45, 2.75) is 71.3 Å². The number of carbonyl (C=O) groups is 1. The Morgan fingerprint density at radius 1 is 0.962 bits per heavy atom. The van der Waals surface area contributed by atoms with E-state index in [1.54, 1.807) is 0 Å². The molecule has 0 bridgehead atoms. The third-order valence-corrected chi connectivity index (χ3v) is 6.05. The number of para-hydroxylation sites is 1. The van der Waals surface area contributed by atoms with E-state index in [1.807, 2.05) is 4.90 Å². The monoisotopic (exact) mass is 357 g/mol. The quantitative estimate of drug-likeness (QED) is 0.821. The van der Waals surface area contributed by atoms with Gasteiger partial charge in [-0.15, -0.1) is 0 Å². The predicted octanol–water partition coefficient (Wildman–Crippen LogP) is 5.03. The smallest absolute Gasteiger partial charge is 0.321 e. The standard InChI is InChI=1S/C22H35N3O/c1-16(2)19-10-7-11-20(17(3)4)21(19)23-22(26)25-14-12-24(13-15-25)18-8-5-6-9-18/h7,10-11,16-18H,5-6,8-9,12-15H2,1-4H3,(H,23,26). The zero-order valence-electron chi connectivity index (χ0n) is 16.9. The van der Waals surface area contributed by atoms with Gasteiger partial charge >= 0.3 is 6.03 Å². The van der Waals surface area contributed by atoms with Crippen LogP contribution < -0.4 is 5.32 Å². The molecular weight excluding hydrogens is 322 g/mol. The number of nitrogens with one attached hydrogen (secondary N) is 1. The number of anilines is 1. The van der Waals surface area contributed by atoms with Gasteiger partial charge in [0.2, 0.25) is 0 Å². The van der Waals surface area contributed by atoms with Crippen LogP contribution in [0.2, 0.25) is 0 Å². The van der Waals surface area contributed by atoms with Crippen molar-refractivity contribution < 1.29 is 4.79 Å². The lowest BCUT2D eigenvalue weighted by Crippen LogP contribution is -2.52. The molecule has 1 aromatic carbocycles. The van der Waals surface area contributed by atoms with E-state index < -0.39 is 0 Å². The van der Waals surface area contributed by atoms with Gasteiger partial charge in [-0.1, -0.05) is 58.7 Å². The van der Waals surface area contributed by atoms with Gasteiger partial charge in [-0.2, -0.15) is 0 Å². The van der Waals surface area contributed by atoms with Crippen molar-refractivity contribution in [1.82, 2.24) is 9.80 Å². The van der Waals surface area contributed by atoms with Crippen molar-refractivity contribution in [3.63, 3.8) is 0 Å². The van der Waals surface area contributed by atoms with Gasteiger partial charge in [0.25, 0.3) is 0 Å². The van der Waals surface area contributed by atoms with E-state index in [2.05, 4.69) is 56.1 Å². The molecule has 1 N–H and O–H groups in total. The summed E-state index contributed by atoms with van der Waals surface area (Å²) in [4.78, 5) is 17.5. The molecular formula is C22H35N3O. The van der Waals surface area contributed by atoms with E-state index >= 15 is 0 Å². The molecule has 1 saturated heterocycles. The van der Waals surface area contributed by atoms with Crippen molar-refractivity contribution in [3.05, 3.63) is 29.3 Å². The van der Waals surface area contributed by atoms with E-state index in [0.29, 0.717) is 11.8 Å². The van der Waals surface area contributed by atoms with Gasteiger partial charge in [-0.25, -0.2) is 4.79 Å². The summed E-state index contributed by atoms with van der Waals surface area (Å²) in [6, 6.07) is 7.22. The van der Waals surface area contributed by atoms with Crippen LogP contribution in [0.1, 0.15) is 76.3 Å². The van der Waals surface area contributed by atoms with Crippen molar-refractivity contribution in [2.75, 3.05) is 31.5 Å². The molecule has 4 nitrogen and oxygen atoms in total. The molecule has 0 spiro atoms. The van der Waals surface area contributed by atoms with Gasteiger partial charge in [0.15, 0.2) is 0 Å². The largest absolute Gasteiger partial charge is 0.322 e. The van der Waals surface area contributed by atoms with Crippen LogP contribution in [0, 0.1) is 0 Å². The molecule has 1 aliphatic heterocycles. The molecule has 1 aliphatic carbocycles. The normalized spacial score (nSPS) is 19.5. The van der Waals surface area contributed by atoms with Crippen LogP contribution in [0.25, 0.3) is 0 Å². The molecule has 26 heavy (non-hydrogen) atoms. The third kappa shape index (κ3) is 4.22. The lowest BCUT2D eigenvalue weighted by molar-refractivity contribution is 0.115. The molecule has 2 amide bonds. The lowest BCUT2D eigenvalue weighted by Gasteiger charge is -2.38. The molecule has 2 fully saturated rings. The highest BCUT2D eigenvalue weighted by Gasteiger charge is 2.28. The molecule has 0 atom stereocenters. The molecule has 3 rings (SSSR count). The Labute approximate surface area is 158 Å². The summed E-state index contributed by atoms with van der Waals surface area (Å²) < 4.78 is 0. The first-order chi connectivity index (χ1) is 12.5. The first-order valence-electron chi connectivity index (χ1n) is 10.4. The van der Waals surface area contributed by atoms with Gasteiger partial charge in [0, 0.05) is 37.9 Å². The van der Waals surface area contributed by atoms with Crippen LogP contribution in [-0.2, 0) is 0 Å². The number of rotatable bonds is 4. The number of nitrogens with zero attached hydrogens (tertiary/aromatic N) is 2. The molecule has 4 heteroatoms. The van der Waals surface area contributed by atoms with E-state index in [-0.39, 0.29) is 6.03 Å². The van der Waals surface area contributed by atoms with E-state index in [9.17, 15) is 4.79 Å². The van der Waals surface area contributed by atoms with Crippen LogP contribution in [0.5, 0.6) is 0 Å². The Bertz CT molecular complexity index is 586. The number of amides is 2. The van der Waals surface area contributed by atoms with E-state index in [1.165, 1.54) is 36.8 Å². The minimum atomic E-state index is 0.0612. The van der Waals surface area contributed by atoms with Crippen LogP contribution in [0.3, 0.4) is 0 Å². The van der Waals surface area contributed by atoms with Gasteiger partial charge < -0.3 is 10.2 Å². The SMILES string of the molecule is CC(C)c1cccc(C(C)C)c1NC(=O)N1CCN(C2CCCC2)CC1. The highest BCUT2D eigenvalue weighted by molar-refractivity contribution is 5.91. The molecule has 144 valence electrons. The Morgan fingerprint density at radius 2 is 1.50 bits per heavy atom. The molecule has 1 saturated carbocycles. The summed E-state index contributed by atoms with van der Waals surface area (Å²) in [7, 11) is 0. The maximum atomic E-state index is 12.9. The average Bonchev–Trinajstić information content (AvgIpc) is 3.16. The number of hydrogen-bond donors (Lipinski definition) is 1. The first kappa shape index (κ1) is 19.2. The highest BCUT2D eigenvalue weighted by Crippen LogP contribution is 2.32. The molecule has 0 aromatic heterocycles. The number of benzene rings is 1. The number of urea groups is 1. The van der Waals surface area contributed by atoms with Gasteiger partial charge in [-0.3, -0.25) is 4.90 Å². The van der Waals surface area contributed by atoms with Crippen LogP contribution in [-0.4, -0.2) is 48.1 Å². The summed E-state index contributed by atoms with van der Waals surface area (Å²) >= 11 is 0. The maximum absolute atomic E-state index is 12.9. The van der Waals surface area contributed by atoms with Crippen molar-refractivity contribution >= 4 is 11.7 Å². The minimum Gasteiger partial charge on any atom is -0.322 e. The second kappa shape index (κ2) is 8.43.